The van der Waals surface area contributed by atoms with Crippen LogP contribution < -0.4 is 0 Å². The summed E-state index contributed by atoms with van der Waals surface area (Å²) in [6.07, 6.45) is 0.885. The third-order valence-electron chi connectivity index (χ3n) is 2.54. The third kappa shape index (κ3) is 1.80. The van der Waals surface area contributed by atoms with Gasteiger partial charge in [-0.05, 0) is 23.8 Å². The largest absolute Gasteiger partial charge is 0.385 e. The van der Waals surface area contributed by atoms with Crippen molar-refractivity contribution in [2.45, 2.75) is 18.9 Å². The Morgan fingerprint density at radius 2 is 2.27 bits per heavy atom. The first-order valence-corrected chi connectivity index (χ1v) is 5.66. The summed E-state index contributed by atoms with van der Waals surface area (Å²) in [4.78, 5) is 10.5. The molecule has 1 aromatic heterocycles. The SMILES string of the molecule is CC(O)(CC=O)c1cccc2ccsc12. The van der Waals surface area contributed by atoms with Crippen LogP contribution in [0.3, 0.4) is 0 Å². The van der Waals surface area contributed by atoms with Crippen LogP contribution in [0.15, 0.2) is 29.6 Å². The summed E-state index contributed by atoms with van der Waals surface area (Å²) < 4.78 is 1.06. The maximum absolute atomic E-state index is 10.5. The van der Waals surface area contributed by atoms with Gasteiger partial charge in [0, 0.05) is 16.7 Å². The summed E-state index contributed by atoms with van der Waals surface area (Å²) in [7, 11) is 0. The number of carbonyl (C=O) groups excluding carboxylic acids is 1. The van der Waals surface area contributed by atoms with Gasteiger partial charge in [-0.2, -0.15) is 0 Å². The number of hydrogen-bond acceptors (Lipinski definition) is 3. The zero-order chi connectivity index (χ0) is 10.9. The van der Waals surface area contributed by atoms with Gasteiger partial charge >= 0.3 is 0 Å². The topological polar surface area (TPSA) is 37.3 Å². The Morgan fingerprint density at radius 3 is 3.00 bits per heavy atom. The van der Waals surface area contributed by atoms with Crippen molar-refractivity contribution in [1.82, 2.24) is 0 Å². The van der Waals surface area contributed by atoms with Crippen LogP contribution in [0.5, 0.6) is 0 Å². The molecule has 0 aliphatic carbocycles. The lowest BCUT2D eigenvalue weighted by Crippen LogP contribution is -2.21. The molecule has 1 atom stereocenters. The van der Waals surface area contributed by atoms with Gasteiger partial charge in [-0.15, -0.1) is 11.3 Å². The molecular weight excluding hydrogens is 208 g/mol. The highest BCUT2D eigenvalue weighted by Crippen LogP contribution is 2.33. The number of hydrogen-bond donors (Lipinski definition) is 1. The predicted molar refractivity (Wildman–Crippen MR) is 62.1 cm³/mol. The molecular formula is C12H12O2S. The number of aldehydes is 1. The van der Waals surface area contributed by atoms with Gasteiger partial charge in [0.15, 0.2) is 0 Å². The number of thiophene rings is 1. The Bertz CT molecular complexity index is 485. The van der Waals surface area contributed by atoms with Crippen LogP contribution >= 0.6 is 11.3 Å². The normalized spacial score (nSPS) is 15.1. The van der Waals surface area contributed by atoms with Gasteiger partial charge in [0.05, 0.1) is 5.60 Å². The van der Waals surface area contributed by atoms with Gasteiger partial charge in [0.1, 0.15) is 6.29 Å². The highest BCUT2D eigenvalue weighted by Gasteiger charge is 2.24. The zero-order valence-electron chi connectivity index (χ0n) is 8.43. The van der Waals surface area contributed by atoms with E-state index >= 15 is 0 Å². The molecule has 1 unspecified atom stereocenters. The van der Waals surface area contributed by atoms with E-state index < -0.39 is 5.60 Å². The van der Waals surface area contributed by atoms with E-state index in [4.69, 9.17) is 0 Å². The van der Waals surface area contributed by atoms with Crippen LogP contribution in [0.2, 0.25) is 0 Å². The highest BCUT2D eigenvalue weighted by atomic mass is 32.1. The van der Waals surface area contributed by atoms with Crippen LogP contribution in [-0.4, -0.2) is 11.4 Å². The van der Waals surface area contributed by atoms with Crippen molar-refractivity contribution in [2.24, 2.45) is 0 Å². The van der Waals surface area contributed by atoms with Crippen LogP contribution in [0.1, 0.15) is 18.9 Å². The maximum atomic E-state index is 10.5. The van der Waals surface area contributed by atoms with E-state index in [9.17, 15) is 9.90 Å². The molecule has 1 aromatic carbocycles. The van der Waals surface area contributed by atoms with Crippen molar-refractivity contribution in [1.29, 1.82) is 0 Å². The molecule has 3 heteroatoms. The van der Waals surface area contributed by atoms with Crippen molar-refractivity contribution in [3.05, 3.63) is 35.2 Å². The van der Waals surface area contributed by atoms with Gasteiger partial charge in [-0.1, -0.05) is 18.2 Å². The Balaban J connectivity index is 2.59. The maximum Gasteiger partial charge on any atom is 0.123 e. The molecule has 0 aliphatic heterocycles. The smallest absolute Gasteiger partial charge is 0.123 e. The number of benzene rings is 1. The van der Waals surface area contributed by atoms with Crippen LogP contribution in [0, 0.1) is 0 Å². The van der Waals surface area contributed by atoms with E-state index in [0.29, 0.717) is 0 Å². The minimum absolute atomic E-state index is 0.129. The lowest BCUT2D eigenvalue weighted by molar-refractivity contribution is -0.112. The molecule has 78 valence electrons. The lowest BCUT2D eigenvalue weighted by atomic mass is 9.92. The van der Waals surface area contributed by atoms with E-state index in [-0.39, 0.29) is 6.42 Å². The van der Waals surface area contributed by atoms with Crippen molar-refractivity contribution in [3.8, 4) is 0 Å². The molecule has 0 amide bonds. The fraction of sp³-hybridized carbons (Fsp3) is 0.250. The standard InChI is InChI=1S/C12H12O2S/c1-12(14,6-7-13)10-4-2-3-9-5-8-15-11(9)10/h2-5,7-8,14H,6H2,1H3. The summed E-state index contributed by atoms with van der Waals surface area (Å²) in [6, 6.07) is 7.80. The molecule has 0 saturated heterocycles. The van der Waals surface area contributed by atoms with Crippen LogP contribution in [0.25, 0.3) is 10.1 Å². The van der Waals surface area contributed by atoms with Crippen molar-refractivity contribution < 1.29 is 9.90 Å². The summed E-state index contributed by atoms with van der Waals surface area (Å²) in [6.45, 7) is 1.68. The highest BCUT2D eigenvalue weighted by molar-refractivity contribution is 7.17. The van der Waals surface area contributed by atoms with E-state index in [1.807, 2.05) is 29.6 Å². The average Bonchev–Trinajstić information content (AvgIpc) is 2.64. The molecule has 0 bridgehead atoms. The Labute approximate surface area is 92.2 Å². The molecule has 2 nitrogen and oxygen atoms in total. The van der Waals surface area contributed by atoms with E-state index in [1.54, 1.807) is 18.3 Å². The molecule has 0 aliphatic rings. The molecule has 0 saturated carbocycles. The zero-order valence-corrected chi connectivity index (χ0v) is 9.25. The molecule has 0 spiro atoms. The van der Waals surface area contributed by atoms with Gasteiger partial charge in [-0.25, -0.2) is 0 Å². The number of carbonyl (C=O) groups is 1. The lowest BCUT2D eigenvalue weighted by Gasteiger charge is -2.21. The molecule has 0 radical (unpaired) electrons. The summed E-state index contributed by atoms with van der Waals surface area (Å²) in [5, 5.41) is 13.3. The first-order chi connectivity index (χ1) is 7.15. The minimum atomic E-state index is -1.06. The fourth-order valence-electron chi connectivity index (χ4n) is 1.69. The third-order valence-corrected chi connectivity index (χ3v) is 3.50. The summed E-state index contributed by atoms with van der Waals surface area (Å²) in [5.41, 5.74) is -0.228. The first-order valence-electron chi connectivity index (χ1n) is 4.78. The van der Waals surface area contributed by atoms with E-state index in [0.717, 1.165) is 21.9 Å². The molecule has 0 fully saturated rings. The van der Waals surface area contributed by atoms with E-state index in [2.05, 4.69) is 0 Å². The second kappa shape index (κ2) is 3.76. The number of aliphatic hydroxyl groups is 1. The van der Waals surface area contributed by atoms with E-state index in [1.165, 1.54) is 0 Å². The first kappa shape index (κ1) is 10.3. The van der Waals surface area contributed by atoms with Crippen LogP contribution in [0.4, 0.5) is 0 Å². The van der Waals surface area contributed by atoms with Gasteiger partial charge in [-0.3, -0.25) is 0 Å². The molecule has 1 heterocycles. The molecule has 15 heavy (non-hydrogen) atoms. The van der Waals surface area contributed by atoms with Crippen molar-refractivity contribution >= 4 is 27.7 Å². The van der Waals surface area contributed by atoms with Crippen molar-refractivity contribution in [3.63, 3.8) is 0 Å². The quantitative estimate of drug-likeness (QED) is 0.807. The minimum Gasteiger partial charge on any atom is -0.385 e. The fourth-order valence-corrected chi connectivity index (χ4v) is 2.73. The molecule has 2 aromatic rings. The Morgan fingerprint density at radius 1 is 1.47 bits per heavy atom. The Kier molecular flexibility index (Phi) is 2.59. The summed E-state index contributed by atoms with van der Waals surface area (Å²) >= 11 is 1.59. The van der Waals surface area contributed by atoms with Crippen LogP contribution in [-0.2, 0) is 10.4 Å². The van der Waals surface area contributed by atoms with Gasteiger partial charge in [0.2, 0.25) is 0 Å². The Hall–Kier alpha value is -1.19. The second-order valence-corrected chi connectivity index (χ2v) is 4.71. The summed E-state index contributed by atoms with van der Waals surface area (Å²) in [5.74, 6) is 0. The van der Waals surface area contributed by atoms with Crippen molar-refractivity contribution in [2.75, 3.05) is 0 Å². The molecule has 2 rings (SSSR count). The predicted octanol–water partition coefficient (Wildman–Crippen LogP) is 2.70. The van der Waals surface area contributed by atoms with Gasteiger partial charge in [0.25, 0.3) is 0 Å². The second-order valence-electron chi connectivity index (χ2n) is 3.79. The number of rotatable bonds is 3. The van der Waals surface area contributed by atoms with Gasteiger partial charge < -0.3 is 9.90 Å². The number of fused-ring (bicyclic) bond motifs is 1. The average molecular weight is 220 g/mol. The molecule has 1 N–H and O–H groups in total. The monoisotopic (exact) mass is 220 g/mol.